The molecule has 14 aromatic rings. The van der Waals surface area contributed by atoms with E-state index < -0.39 is 10.8 Å². The first-order valence-corrected chi connectivity index (χ1v) is 29.4. The summed E-state index contributed by atoms with van der Waals surface area (Å²) >= 11 is 0. The van der Waals surface area contributed by atoms with Crippen molar-refractivity contribution in [2.75, 3.05) is 9.80 Å². The molecule has 0 N–H and O–H groups in total. The molecule has 14 aromatic carbocycles. The average molecular weight is 1060 g/mol. The minimum Gasteiger partial charge on any atom is -0.310 e. The van der Waals surface area contributed by atoms with E-state index in [0.29, 0.717) is 0 Å². The first-order chi connectivity index (χ1) is 41.6. The Balaban J connectivity index is 0.725. The molecule has 0 unspecified atom stereocenters. The lowest BCUT2D eigenvalue weighted by Crippen LogP contribution is -2.26. The van der Waals surface area contributed by atoms with Crippen molar-refractivity contribution in [1.29, 1.82) is 0 Å². The molecule has 2 spiro atoms. The minimum absolute atomic E-state index is 0.435. The minimum atomic E-state index is -0.435. The molecule has 2 heteroatoms. The summed E-state index contributed by atoms with van der Waals surface area (Å²) in [4.78, 5) is 4.91. The topological polar surface area (TPSA) is 6.48 Å². The van der Waals surface area contributed by atoms with Gasteiger partial charge in [-0.05, 0) is 230 Å². The van der Waals surface area contributed by atoms with Crippen LogP contribution in [0, 0.1) is 0 Å². The van der Waals surface area contributed by atoms with Crippen LogP contribution in [0.3, 0.4) is 0 Å². The largest absolute Gasteiger partial charge is 0.310 e. The van der Waals surface area contributed by atoms with Crippen molar-refractivity contribution in [1.82, 2.24) is 0 Å². The Morgan fingerprint density at radius 1 is 0.155 bits per heavy atom. The second-order valence-electron chi connectivity index (χ2n) is 23.4. The summed E-state index contributed by atoms with van der Waals surface area (Å²) in [7, 11) is 0. The third kappa shape index (κ3) is 5.93. The molecule has 0 atom stereocenters. The molecule has 0 fully saturated rings. The zero-order chi connectivity index (χ0) is 54.8. The predicted octanol–water partition coefficient (Wildman–Crippen LogP) is 21.3. The molecule has 0 bridgehead atoms. The van der Waals surface area contributed by atoms with Gasteiger partial charge in [0.05, 0.1) is 10.8 Å². The molecule has 0 heterocycles. The van der Waals surface area contributed by atoms with Gasteiger partial charge in [0.2, 0.25) is 0 Å². The van der Waals surface area contributed by atoms with Crippen LogP contribution in [0.2, 0.25) is 0 Å². The van der Waals surface area contributed by atoms with E-state index >= 15 is 0 Å². The zero-order valence-electron chi connectivity index (χ0n) is 45.8. The fourth-order valence-electron chi connectivity index (χ4n) is 16.2. The van der Waals surface area contributed by atoms with Crippen molar-refractivity contribution >= 4 is 55.7 Å². The molecule has 2 nitrogen and oxygen atoms in total. The normalized spacial score (nSPS) is 13.9. The summed E-state index contributed by atoms with van der Waals surface area (Å²) in [6, 6.07) is 114. The molecule has 0 aromatic heterocycles. The Bertz CT molecular complexity index is 4710. The number of rotatable bonds is 6. The molecule has 0 radical (unpaired) electrons. The molecular formula is C82H50N2. The van der Waals surface area contributed by atoms with Gasteiger partial charge in [0, 0.05) is 34.1 Å². The number of fused-ring (bicyclic) bond motifs is 26. The van der Waals surface area contributed by atoms with Crippen LogP contribution in [0.15, 0.2) is 303 Å². The molecule has 84 heavy (non-hydrogen) atoms. The Labute approximate surface area is 488 Å². The van der Waals surface area contributed by atoms with Gasteiger partial charge in [-0.15, -0.1) is 0 Å². The molecule has 5 aliphatic rings. The monoisotopic (exact) mass is 1060 g/mol. The lowest BCUT2D eigenvalue weighted by molar-refractivity contribution is 0.793. The van der Waals surface area contributed by atoms with Crippen LogP contribution in [0.4, 0.5) is 34.1 Å². The number of benzene rings is 14. The van der Waals surface area contributed by atoms with Crippen LogP contribution in [-0.2, 0) is 10.8 Å². The van der Waals surface area contributed by atoms with E-state index in [-0.39, 0.29) is 0 Å². The van der Waals surface area contributed by atoms with Gasteiger partial charge in [0.15, 0.2) is 0 Å². The molecule has 0 saturated carbocycles. The number of nitrogens with zero attached hydrogens (tertiary/aromatic N) is 2. The average Bonchev–Trinajstić information content (AvgIpc) is 1.70. The molecular weight excluding hydrogens is 1010 g/mol. The van der Waals surface area contributed by atoms with Crippen LogP contribution in [-0.4, -0.2) is 0 Å². The first kappa shape index (κ1) is 45.9. The SMILES string of the molecule is c1ccc(N(c2ccc3c(c2)C2(c4ccccc4-c4ccccc42)c2ccccc2-3)c2ccc3cc4c(cc3c2)-c2cc3cc(N(c5ccccc5)c5ccc6c(c5)C5(c7ccccc7-c7ccccc75)c5ccccc5-6)ccc3cc2-4)cc1. The van der Waals surface area contributed by atoms with Gasteiger partial charge < -0.3 is 9.80 Å². The number of para-hydroxylation sites is 2. The van der Waals surface area contributed by atoms with Gasteiger partial charge in [-0.25, -0.2) is 0 Å². The second kappa shape index (κ2) is 16.9. The number of anilines is 6. The Kier molecular flexibility index (Phi) is 9.23. The van der Waals surface area contributed by atoms with E-state index in [0.717, 1.165) is 34.1 Å². The summed E-state index contributed by atoms with van der Waals surface area (Å²) < 4.78 is 0. The molecule has 0 amide bonds. The lowest BCUT2D eigenvalue weighted by Gasteiger charge is -2.32. The molecule has 0 aliphatic heterocycles. The Hall–Kier alpha value is -10.8. The maximum absolute atomic E-state index is 2.49. The van der Waals surface area contributed by atoms with E-state index in [1.165, 1.54) is 133 Å². The fourth-order valence-corrected chi connectivity index (χ4v) is 16.2. The van der Waals surface area contributed by atoms with Crippen molar-refractivity contribution in [3.63, 3.8) is 0 Å². The summed E-state index contributed by atoms with van der Waals surface area (Å²) in [6.07, 6.45) is 0. The van der Waals surface area contributed by atoms with Gasteiger partial charge in [0.25, 0.3) is 0 Å². The smallest absolute Gasteiger partial charge is 0.0726 e. The molecule has 0 saturated heterocycles. The summed E-state index contributed by atoms with van der Waals surface area (Å²) in [5, 5.41) is 4.90. The van der Waals surface area contributed by atoms with Gasteiger partial charge >= 0.3 is 0 Å². The van der Waals surface area contributed by atoms with Crippen LogP contribution in [0.1, 0.15) is 44.5 Å². The molecule has 388 valence electrons. The molecule has 5 aliphatic carbocycles. The standard InChI is InChI=1S/C82H50N2/c1-3-19-55(20-4-1)83(59-39-41-67-65-27-11-17-33-77(65)81(79(67)49-59)73-29-13-7-23-61(73)62-24-8-14-30-74(62)81)57-37-35-51-45-69-70-46-52-36-38-58(44-54(52)48-72(70)71(69)47-53(51)43-57)84(56-21-5-2-6-22-56)60-40-42-68-66-28-12-18-34-78(66)82(80(68)50-60)75-31-15-9-25-63(75)64-26-10-16-32-76(64)82/h1-50H. The zero-order valence-corrected chi connectivity index (χ0v) is 45.8. The highest BCUT2D eigenvalue weighted by Crippen LogP contribution is 2.65. The van der Waals surface area contributed by atoms with Crippen molar-refractivity contribution in [2.45, 2.75) is 10.8 Å². The van der Waals surface area contributed by atoms with Crippen molar-refractivity contribution < 1.29 is 0 Å². The Morgan fingerprint density at radius 3 is 0.726 bits per heavy atom. The first-order valence-electron chi connectivity index (χ1n) is 29.4. The molecule has 19 rings (SSSR count). The van der Waals surface area contributed by atoms with Crippen LogP contribution in [0.25, 0.3) is 88.3 Å². The van der Waals surface area contributed by atoms with Gasteiger partial charge in [-0.2, -0.15) is 0 Å². The van der Waals surface area contributed by atoms with E-state index in [9.17, 15) is 0 Å². The second-order valence-corrected chi connectivity index (χ2v) is 23.4. The summed E-state index contributed by atoms with van der Waals surface area (Å²) in [6.45, 7) is 0. The van der Waals surface area contributed by atoms with Crippen molar-refractivity contribution in [3.05, 3.63) is 348 Å². The maximum Gasteiger partial charge on any atom is 0.0726 e. The van der Waals surface area contributed by atoms with Crippen LogP contribution < -0.4 is 9.80 Å². The summed E-state index contributed by atoms with van der Waals surface area (Å²) in [5.74, 6) is 0. The van der Waals surface area contributed by atoms with E-state index in [4.69, 9.17) is 0 Å². The fraction of sp³-hybridized carbons (Fsp3) is 0.0244. The quantitative estimate of drug-likeness (QED) is 0.164. The van der Waals surface area contributed by atoms with Crippen molar-refractivity contribution in [2.24, 2.45) is 0 Å². The van der Waals surface area contributed by atoms with Crippen molar-refractivity contribution in [3.8, 4) is 66.8 Å². The lowest BCUT2D eigenvalue weighted by atomic mass is 9.70. The highest BCUT2D eigenvalue weighted by atomic mass is 15.1. The van der Waals surface area contributed by atoms with Gasteiger partial charge in [-0.3, -0.25) is 0 Å². The third-order valence-corrected chi connectivity index (χ3v) is 19.5. The number of hydrogen-bond acceptors (Lipinski definition) is 2. The van der Waals surface area contributed by atoms with E-state index in [2.05, 4.69) is 313 Å². The van der Waals surface area contributed by atoms with Gasteiger partial charge in [-0.1, -0.05) is 206 Å². The third-order valence-electron chi connectivity index (χ3n) is 19.5. The van der Waals surface area contributed by atoms with Crippen LogP contribution >= 0.6 is 0 Å². The predicted molar refractivity (Wildman–Crippen MR) is 348 cm³/mol. The van der Waals surface area contributed by atoms with E-state index in [1.54, 1.807) is 0 Å². The highest BCUT2D eigenvalue weighted by molar-refractivity contribution is 6.13. The van der Waals surface area contributed by atoms with E-state index in [1.807, 2.05) is 0 Å². The summed E-state index contributed by atoms with van der Waals surface area (Å²) in [5.41, 5.74) is 32.3. The Morgan fingerprint density at radius 2 is 0.405 bits per heavy atom. The number of hydrogen-bond donors (Lipinski definition) is 0. The highest BCUT2D eigenvalue weighted by Gasteiger charge is 2.53. The maximum atomic E-state index is 2.49. The van der Waals surface area contributed by atoms with Crippen LogP contribution in [0.5, 0.6) is 0 Å². The van der Waals surface area contributed by atoms with Gasteiger partial charge in [0.1, 0.15) is 0 Å².